The fourth-order valence-corrected chi connectivity index (χ4v) is 5.26. The van der Waals surface area contributed by atoms with E-state index >= 15 is 0 Å². The molecule has 1 fully saturated rings. The molecule has 0 bridgehead atoms. The molecular weight excluding hydrogens is 502 g/mol. The van der Waals surface area contributed by atoms with E-state index in [9.17, 15) is 9.59 Å². The van der Waals surface area contributed by atoms with E-state index in [1.54, 1.807) is 18.3 Å². The molecule has 204 valence electrons. The van der Waals surface area contributed by atoms with Crippen molar-refractivity contribution in [2.24, 2.45) is 5.92 Å². The topological polar surface area (TPSA) is 84.7 Å². The molecule has 1 atom stereocenters. The van der Waals surface area contributed by atoms with Crippen LogP contribution in [0.2, 0.25) is 0 Å². The van der Waals surface area contributed by atoms with Gasteiger partial charge >= 0.3 is 0 Å². The standard InChI is InChI=1S/C33H33N3O4/c1-22-5-7-24(8-6-22)31-29-20-27(12-11-23(29)16-19-36(31)33(38)25-9-10-25)39-21-28-13-14-30(40-28)32(37)35-18-15-26-4-2-3-17-34-26/h2-8,11-14,17,20,25,31H,9-10,15-16,18-19,21H2,1H3,(H,35,37)/t31-/m1/s1. The lowest BCUT2D eigenvalue weighted by molar-refractivity contribution is -0.134. The van der Waals surface area contributed by atoms with Gasteiger partial charge in [-0.25, -0.2) is 0 Å². The molecule has 7 heteroatoms. The van der Waals surface area contributed by atoms with E-state index in [2.05, 4.69) is 58.5 Å². The van der Waals surface area contributed by atoms with E-state index in [4.69, 9.17) is 9.15 Å². The molecule has 0 radical (unpaired) electrons. The number of hydrogen-bond donors (Lipinski definition) is 1. The van der Waals surface area contributed by atoms with Crippen LogP contribution < -0.4 is 10.1 Å². The second-order valence-electron chi connectivity index (χ2n) is 10.6. The number of hydrogen-bond acceptors (Lipinski definition) is 5. The smallest absolute Gasteiger partial charge is 0.287 e. The highest BCUT2D eigenvalue weighted by Gasteiger charge is 2.39. The SMILES string of the molecule is Cc1ccc([C@@H]2c3cc(OCc4ccc(C(=O)NCCc5ccccn5)o4)ccc3CCN2C(=O)C2CC2)cc1. The van der Waals surface area contributed by atoms with E-state index in [1.165, 1.54) is 11.1 Å². The summed E-state index contributed by atoms with van der Waals surface area (Å²) in [7, 11) is 0. The van der Waals surface area contributed by atoms with Crippen LogP contribution in [0.1, 0.15) is 63.1 Å². The number of furan rings is 1. The van der Waals surface area contributed by atoms with Crippen molar-refractivity contribution in [2.75, 3.05) is 13.1 Å². The molecule has 0 saturated heterocycles. The van der Waals surface area contributed by atoms with Gasteiger partial charge in [-0.05, 0) is 79.3 Å². The van der Waals surface area contributed by atoms with E-state index in [1.807, 2.05) is 24.3 Å². The molecule has 1 N–H and O–H groups in total. The number of fused-ring (bicyclic) bond motifs is 1. The van der Waals surface area contributed by atoms with Crippen molar-refractivity contribution < 1.29 is 18.7 Å². The Morgan fingerprint density at radius 1 is 1.05 bits per heavy atom. The zero-order chi connectivity index (χ0) is 27.5. The molecule has 1 saturated carbocycles. The number of nitrogens with one attached hydrogen (secondary N) is 1. The summed E-state index contributed by atoms with van der Waals surface area (Å²) in [4.78, 5) is 32.1. The van der Waals surface area contributed by atoms with Crippen molar-refractivity contribution in [2.45, 2.75) is 45.3 Å². The molecule has 4 aromatic rings. The minimum absolute atomic E-state index is 0.133. The van der Waals surface area contributed by atoms with Crippen LogP contribution >= 0.6 is 0 Å². The van der Waals surface area contributed by atoms with Crippen LogP contribution in [0.25, 0.3) is 0 Å². The predicted molar refractivity (Wildman–Crippen MR) is 151 cm³/mol. The van der Waals surface area contributed by atoms with Crippen molar-refractivity contribution >= 4 is 11.8 Å². The molecule has 2 aliphatic rings. The molecule has 3 heterocycles. The summed E-state index contributed by atoms with van der Waals surface area (Å²) in [6.07, 6.45) is 5.19. The third-order valence-electron chi connectivity index (χ3n) is 7.61. The van der Waals surface area contributed by atoms with Crippen LogP contribution in [0.15, 0.2) is 83.4 Å². The van der Waals surface area contributed by atoms with Crippen LogP contribution in [0.3, 0.4) is 0 Å². The molecule has 7 nitrogen and oxygen atoms in total. The molecule has 0 spiro atoms. The van der Waals surface area contributed by atoms with Gasteiger partial charge in [-0.1, -0.05) is 42.0 Å². The summed E-state index contributed by atoms with van der Waals surface area (Å²) in [5, 5.41) is 2.87. The molecule has 1 aliphatic heterocycles. The van der Waals surface area contributed by atoms with E-state index in [0.717, 1.165) is 42.6 Å². The fourth-order valence-electron chi connectivity index (χ4n) is 5.26. The van der Waals surface area contributed by atoms with Gasteiger partial charge < -0.3 is 19.4 Å². The number of pyridine rings is 1. The van der Waals surface area contributed by atoms with Gasteiger partial charge in [0.25, 0.3) is 5.91 Å². The number of benzene rings is 2. The minimum atomic E-state index is -0.266. The number of carbonyl (C=O) groups excluding carboxylic acids is 2. The molecular formula is C33H33N3O4. The number of ether oxygens (including phenoxy) is 1. The summed E-state index contributed by atoms with van der Waals surface area (Å²) in [5.74, 6) is 1.66. The Balaban J connectivity index is 1.13. The van der Waals surface area contributed by atoms with Crippen LogP contribution in [-0.4, -0.2) is 34.8 Å². The summed E-state index contributed by atoms with van der Waals surface area (Å²) in [5.41, 5.74) is 5.57. The zero-order valence-corrected chi connectivity index (χ0v) is 22.6. The van der Waals surface area contributed by atoms with Gasteiger partial charge in [0.15, 0.2) is 5.76 Å². The van der Waals surface area contributed by atoms with Gasteiger partial charge in [-0.3, -0.25) is 14.6 Å². The Morgan fingerprint density at radius 3 is 2.67 bits per heavy atom. The number of nitrogens with zero attached hydrogens (tertiary/aromatic N) is 2. The number of carbonyl (C=O) groups is 2. The van der Waals surface area contributed by atoms with Crippen molar-refractivity contribution in [1.29, 1.82) is 0 Å². The lowest BCUT2D eigenvalue weighted by atomic mass is 9.87. The Hall–Kier alpha value is -4.39. The van der Waals surface area contributed by atoms with Gasteiger partial charge in [0.2, 0.25) is 5.91 Å². The van der Waals surface area contributed by atoms with Crippen LogP contribution in [0.4, 0.5) is 0 Å². The first-order chi connectivity index (χ1) is 19.5. The second-order valence-corrected chi connectivity index (χ2v) is 10.6. The van der Waals surface area contributed by atoms with Crippen LogP contribution in [0.5, 0.6) is 5.75 Å². The fraction of sp³-hybridized carbons (Fsp3) is 0.303. The maximum atomic E-state index is 13.3. The van der Waals surface area contributed by atoms with Crippen molar-refractivity contribution in [1.82, 2.24) is 15.2 Å². The normalized spacial score (nSPS) is 16.3. The summed E-state index contributed by atoms with van der Waals surface area (Å²) < 4.78 is 11.9. The maximum absolute atomic E-state index is 13.3. The molecule has 2 aromatic carbocycles. The van der Waals surface area contributed by atoms with Gasteiger partial charge in [0, 0.05) is 37.3 Å². The summed E-state index contributed by atoms with van der Waals surface area (Å²) in [6, 6.07) is 23.6. The highest BCUT2D eigenvalue weighted by atomic mass is 16.5. The molecule has 0 unspecified atom stereocenters. The molecule has 2 amide bonds. The number of rotatable bonds is 9. The third-order valence-corrected chi connectivity index (χ3v) is 7.61. The largest absolute Gasteiger partial charge is 0.486 e. The quantitative estimate of drug-likeness (QED) is 0.309. The van der Waals surface area contributed by atoms with E-state index in [-0.39, 0.29) is 36.1 Å². The summed E-state index contributed by atoms with van der Waals surface area (Å²) in [6.45, 7) is 3.46. The number of aromatic nitrogens is 1. The van der Waals surface area contributed by atoms with Crippen molar-refractivity contribution in [3.63, 3.8) is 0 Å². The second kappa shape index (κ2) is 11.4. The molecule has 2 aromatic heterocycles. The molecule has 6 rings (SSSR count). The highest BCUT2D eigenvalue weighted by Crippen LogP contribution is 2.41. The third kappa shape index (κ3) is 5.78. The van der Waals surface area contributed by atoms with Crippen LogP contribution in [0, 0.1) is 12.8 Å². The average molecular weight is 536 g/mol. The average Bonchev–Trinajstić information content (AvgIpc) is 3.73. The Bertz CT molecular complexity index is 1490. The highest BCUT2D eigenvalue weighted by molar-refractivity contribution is 5.91. The Labute approximate surface area is 234 Å². The monoisotopic (exact) mass is 535 g/mol. The maximum Gasteiger partial charge on any atom is 0.287 e. The zero-order valence-electron chi connectivity index (χ0n) is 22.6. The lowest BCUT2D eigenvalue weighted by Gasteiger charge is -2.38. The molecule has 1 aliphatic carbocycles. The number of amides is 2. The van der Waals surface area contributed by atoms with Crippen molar-refractivity contribution in [3.05, 3.63) is 118 Å². The van der Waals surface area contributed by atoms with E-state index < -0.39 is 0 Å². The Kier molecular flexibility index (Phi) is 7.36. The van der Waals surface area contributed by atoms with Gasteiger partial charge in [0.05, 0.1) is 6.04 Å². The first-order valence-electron chi connectivity index (χ1n) is 13.9. The first kappa shape index (κ1) is 25.9. The van der Waals surface area contributed by atoms with E-state index in [0.29, 0.717) is 24.5 Å². The minimum Gasteiger partial charge on any atom is -0.486 e. The predicted octanol–water partition coefficient (Wildman–Crippen LogP) is 5.42. The lowest BCUT2D eigenvalue weighted by Crippen LogP contribution is -2.41. The van der Waals surface area contributed by atoms with Gasteiger partial charge in [0.1, 0.15) is 18.1 Å². The van der Waals surface area contributed by atoms with Crippen LogP contribution in [-0.2, 0) is 24.2 Å². The Morgan fingerprint density at radius 2 is 1.90 bits per heavy atom. The molecule has 40 heavy (non-hydrogen) atoms. The summed E-state index contributed by atoms with van der Waals surface area (Å²) >= 11 is 0. The van der Waals surface area contributed by atoms with Gasteiger partial charge in [-0.2, -0.15) is 0 Å². The first-order valence-corrected chi connectivity index (χ1v) is 13.9. The number of aryl methyl sites for hydroxylation is 1. The van der Waals surface area contributed by atoms with Gasteiger partial charge in [-0.15, -0.1) is 0 Å². The van der Waals surface area contributed by atoms with Crippen molar-refractivity contribution in [3.8, 4) is 5.75 Å².